The molecule has 0 amide bonds. The summed E-state index contributed by atoms with van der Waals surface area (Å²) in [6.45, 7) is 7.01. The van der Waals surface area contributed by atoms with Crippen LogP contribution in [0, 0.1) is 11.3 Å². The van der Waals surface area contributed by atoms with Gasteiger partial charge in [-0.05, 0) is 30.6 Å². The molecule has 2 aromatic heterocycles. The van der Waals surface area contributed by atoms with E-state index in [2.05, 4.69) is 46.4 Å². The molecule has 1 N–H and O–H groups in total. The number of anilines is 1. The monoisotopic (exact) mass is 274 g/mol. The molecule has 3 rings (SSSR count). The molecule has 0 radical (unpaired) electrons. The summed E-state index contributed by atoms with van der Waals surface area (Å²) in [6.07, 6.45) is 5.19. The predicted octanol–water partition coefficient (Wildman–Crippen LogP) is 2.39. The Hall–Kier alpha value is -1.72. The summed E-state index contributed by atoms with van der Waals surface area (Å²) in [5.74, 6) is 1.54. The van der Waals surface area contributed by atoms with Crippen molar-refractivity contribution in [3.63, 3.8) is 0 Å². The lowest BCUT2D eigenvalue weighted by molar-refractivity contribution is 0.178. The van der Waals surface area contributed by atoms with Gasteiger partial charge in [-0.3, -0.25) is 0 Å². The summed E-state index contributed by atoms with van der Waals surface area (Å²) < 4.78 is 1.68. The second-order valence-corrected chi connectivity index (χ2v) is 6.86. The first-order valence-electron chi connectivity index (χ1n) is 7.21. The van der Waals surface area contributed by atoms with Gasteiger partial charge in [-0.1, -0.05) is 26.0 Å². The fraction of sp³-hybridized carbons (Fsp3) is 0.714. The number of aryl methyl sites for hydroxylation is 1. The minimum atomic E-state index is 0.379. The highest BCUT2D eigenvalue weighted by atomic mass is 15.4. The normalized spacial score (nSPS) is 25.8. The Balaban J connectivity index is 1.86. The van der Waals surface area contributed by atoms with Crippen molar-refractivity contribution < 1.29 is 0 Å². The molecular weight excluding hydrogens is 252 g/mol. The van der Waals surface area contributed by atoms with Gasteiger partial charge in [0.1, 0.15) is 6.33 Å². The van der Waals surface area contributed by atoms with Gasteiger partial charge in [0.15, 0.2) is 17.0 Å². The van der Waals surface area contributed by atoms with Gasteiger partial charge in [-0.15, -0.1) is 5.10 Å². The fourth-order valence-corrected chi connectivity index (χ4v) is 3.61. The van der Waals surface area contributed by atoms with Crippen LogP contribution in [0.25, 0.3) is 11.2 Å². The number of rotatable bonds is 2. The van der Waals surface area contributed by atoms with Gasteiger partial charge < -0.3 is 5.32 Å². The van der Waals surface area contributed by atoms with E-state index >= 15 is 0 Å². The lowest BCUT2D eigenvalue weighted by Gasteiger charge is -2.39. The molecule has 2 aromatic rings. The smallest absolute Gasteiger partial charge is 0.183 e. The van der Waals surface area contributed by atoms with Crippen molar-refractivity contribution in [3.05, 3.63) is 6.33 Å². The van der Waals surface area contributed by atoms with E-state index in [-0.39, 0.29) is 0 Å². The third kappa shape index (κ3) is 2.46. The van der Waals surface area contributed by atoms with Crippen LogP contribution in [0.4, 0.5) is 5.82 Å². The van der Waals surface area contributed by atoms with E-state index in [0.717, 1.165) is 29.3 Å². The Kier molecular flexibility index (Phi) is 3.11. The van der Waals surface area contributed by atoms with Gasteiger partial charge in [0.05, 0.1) is 0 Å². The topological polar surface area (TPSA) is 68.5 Å². The summed E-state index contributed by atoms with van der Waals surface area (Å²) in [5.41, 5.74) is 1.90. The highest BCUT2D eigenvalue weighted by Crippen LogP contribution is 2.39. The van der Waals surface area contributed by atoms with Gasteiger partial charge in [-0.25, -0.2) is 14.6 Å². The second kappa shape index (κ2) is 4.68. The SMILES string of the molecule is C[C@@H]1C[C@@H](Nc2ncnc3c2nnn3C)CC(C)(C)C1. The van der Waals surface area contributed by atoms with Crippen molar-refractivity contribution in [1.82, 2.24) is 25.0 Å². The lowest BCUT2D eigenvalue weighted by Crippen LogP contribution is -2.35. The van der Waals surface area contributed by atoms with Gasteiger partial charge in [0, 0.05) is 13.1 Å². The average molecular weight is 274 g/mol. The van der Waals surface area contributed by atoms with Crippen molar-refractivity contribution >= 4 is 17.0 Å². The van der Waals surface area contributed by atoms with Gasteiger partial charge >= 0.3 is 0 Å². The standard InChI is InChI=1S/C14H22N6/c1-9-5-10(7-14(2,3)6-9)17-12-11-13(16-8-15-12)20(4)19-18-11/h8-10H,5-7H2,1-4H3,(H,15,16,17)/t9-,10-/m1/s1. The highest BCUT2D eigenvalue weighted by Gasteiger charge is 2.32. The van der Waals surface area contributed by atoms with Gasteiger partial charge in [0.25, 0.3) is 0 Å². The zero-order chi connectivity index (χ0) is 14.3. The summed E-state index contributed by atoms with van der Waals surface area (Å²) in [5, 5.41) is 11.7. The third-order valence-corrected chi connectivity index (χ3v) is 4.12. The van der Waals surface area contributed by atoms with E-state index in [9.17, 15) is 0 Å². The van der Waals surface area contributed by atoms with Gasteiger partial charge in [0.2, 0.25) is 0 Å². The van der Waals surface area contributed by atoms with E-state index in [0.29, 0.717) is 11.5 Å². The summed E-state index contributed by atoms with van der Waals surface area (Å²) in [7, 11) is 1.85. The molecule has 2 atom stereocenters. The van der Waals surface area contributed by atoms with Crippen molar-refractivity contribution in [3.8, 4) is 0 Å². The maximum Gasteiger partial charge on any atom is 0.183 e. The molecule has 6 heteroatoms. The van der Waals surface area contributed by atoms with E-state index in [1.165, 1.54) is 12.8 Å². The van der Waals surface area contributed by atoms with Crippen molar-refractivity contribution in [2.45, 2.75) is 46.1 Å². The second-order valence-electron chi connectivity index (χ2n) is 6.86. The zero-order valence-electron chi connectivity index (χ0n) is 12.6. The number of nitrogens with zero attached hydrogens (tertiary/aromatic N) is 5. The highest BCUT2D eigenvalue weighted by molar-refractivity contribution is 5.81. The Morgan fingerprint density at radius 1 is 1.30 bits per heavy atom. The zero-order valence-corrected chi connectivity index (χ0v) is 12.6. The molecule has 2 heterocycles. The molecular formula is C14H22N6. The van der Waals surface area contributed by atoms with Crippen LogP contribution in [0.3, 0.4) is 0 Å². The van der Waals surface area contributed by atoms with Crippen molar-refractivity contribution in [2.75, 3.05) is 5.32 Å². The first-order chi connectivity index (χ1) is 9.44. The van der Waals surface area contributed by atoms with Crippen LogP contribution in [0.15, 0.2) is 6.33 Å². The molecule has 1 saturated carbocycles. The van der Waals surface area contributed by atoms with Gasteiger partial charge in [-0.2, -0.15) is 0 Å². The quantitative estimate of drug-likeness (QED) is 0.910. The first kappa shape index (κ1) is 13.3. The molecule has 1 fully saturated rings. The maximum absolute atomic E-state index is 4.35. The van der Waals surface area contributed by atoms with Crippen molar-refractivity contribution in [2.24, 2.45) is 18.4 Å². The average Bonchev–Trinajstić information content (AvgIpc) is 2.70. The van der Waals surface area contributed by atoms with Crippen LogP contribution in [-0.2, 0) is 7.05 Å². The molecule has 0 spiro atoms. The van der Waals surface area contributed by atoms with Crippen molar-refractivity contribution in [1.29, 1.82) is 0 Å². The summed E-state index contributed by atoms with van der Waals surface area (Å²) in [4.78, 5) is 8.57. The predicted molar refractivity (Wildman–Crippen MR) is 78.3 cm³/mol. The van der Waals surface area contributed by atoms with E-state index < -0.39 is 0 Å². The molecule has 0 aromatic carbocycles. The molecule has 1 aliphatic carbocycles. The van der Waals surface area contributed by atoms with Crippen LogP contribution >= 0.6 is 0 Å². The summed E-state index contributed by atoms with van der Waals surface area (Å²) in [6, 6.07) is 0.439. The van der Waals surface area contributed by atoms with Crippen LogP contribution in [0.2, 0.25) is 0 Å². The molecule has 1 aliphatic rings. The van der Waals surface area contributed by atoms with E-state index in [4.69, 9.17) is 0 Å². The molecule has 0 aliphatic heterocycles. The maximum atomic E-state index is 4.35. The Labute approximate surface area is 119 Å². The molecule has 20 heavy (non-hydrogen) atoms. The molecule has 0 unspecified atom stereocenters. The number of aromatic nitrogens is 5. The minimum Gasteiger partial charge on any atom is -0.365 e. The Morgan fingerprint density at radius 3 is 2.85 bits per heavy atom. The number of nitrogens with one attached hydrogen (secondary N) is 1. The van der Waals surface area contributed by atoms with Crippen LogP contribution in [0.1, 0.15) is 40.0 Å². The van der Waals surface area contributed by atoms with Crippen LogP contribution < -0.4 is 5.32 Å². The molecule has 0 saturated heterocycles. The summed E-state index contributed by atoms with van der Waals surface area (Å²) >= 11 is 0. The lowest BCUT2D eigenvalue weighted by atomic mass is 9.70. The first-order valence-corrected chi connectivity index (χ1v) is 7.21. The largest absolute Gasteiger partial charge is 0.365 e. The van der Waals surface area contributed by atoms with Crippen LogP contribution in [-0.4, -0.2) is 31.0 Å². The Bertz CT molecular complexity index is 617. The fourth-order valence-electron chi connectivity index (χ4n) is 3.61. The molecule has 0 bridgehead atoms. The number of fused-ring (bicyclic) bond motifs is 1. The number of hydrogen-bond acceptors (Lipinski definition) is 5. The van der Waals surface area contributed by atoms with E-state index in [1.807, 2.05) is 7.05 Å². The van der Waals surface area contributed by atoms with E-state index in [1.54, 1.807) is 11.0 Å². The third-order valence-electron chi connectivity index (χ3n) is 4.12. The number of hydrogen-bond donors (Lipinski definition) is 1. The van der Waals surface area contributed by atoms with Crippen LogP contribution in [0.5, 0.6) is 0 Å². The Morgan fingerprint density at radius 2 is 2.10 bits per heavy atom. The minimum absolute atomic E-state index is 0.379. The molecule has 108 valence electrons. The molecule has 6 nitrogen and oxygen atoms in total.